The molecular weight excluding hydrogens is 370 g/mol. The zero-order valence-corrected chi connectivity index (χ0v) is 17.8. The van der Waals surface area contributed by atoms with E-state index in [1.54, 1.807) is 13.1 Å². The summed E-state index contributed by atoms with van der Waals surface area (Å²) in [5, 5.41) is 5.34. The van der Waals surface area contributed by atoms with Crippen LogP contribution < -0.4 is 20.1 Å². The van der Waals surface area contributed by atoms with Crippen molar-refractivity contribution in [3.63, 3.8) is 0 Å². The molecule has 2 fully saturated rings. The number of carbonyl (C=O) groups is 2. The van der Waals surface area contributed by atoms with Gasteiger partial charge in [0, 0.05) is 18.7 Å². The fraction of sp³-hybridized carbons (Fsp3) is 0.682. The highest BCUT2D eigenvalue weighted by atomic mass is 16.6. The van der Waals surface area contributed by atoms with E-state index in [9.17, 15) is 9.59 Å². The second-order valence-corrected chi connectivity index (χ2v) is 8.16. The van der Waals surface area contributed by atoms with Crippen molar-refractivity contribution in [2.75, 3.05) is 13.7 Å². The molecule has 2 aliphatic carbocycles. The van der Waals surface area contributed by atoms with Gasteiger partial charge in [-0.25, -0.2) is 4.79 Å². The Hall–Kier alpha value is -2.31. The summed E-state index contributed by atoms with van der Waals surface area (Å²) in [4.78, 5) is 29.3. The van der Waals surface area contributed by atoms with Crippen LogP contribution in [0.15, 0.2) is 12.1 Å². The number of hydrogen-bond acceptors (Lipinski definition) is 5. The zero-order valence-electron chi connectivity index (χ0n) is 17.8. The molecule has 2 N–H and O–H groups in total. The highest BCUT2D eigenvalue weighted by Crippen LogP contribution is 2.39. The standard InChI is InChI=1S/C22H33N3O4/c1-4-22(5-2,20(26)23-3)25-21(27)29-18-13-12-17(16-8-6-7-9-16)19(24-18)28-14-15-10-11-15/h12-13,15-16H,4-11,14H2,1-3H3,(H,23,26)(H,25,27). The predicted molar refractivity (Wildman–Crippen MR) is 110 cm³/mol. The third kappa shape index (κ3) is 5.19. The second kappa shape index (κ2) is 9.46. The summed E-state index contributed by atoms with van der Waals surface area (Å²) in [7, 11) is 1.56. The first kappa shape index (κ1) is 21.4. The molecule has 1 aromatic rings. The van der Waals surface area contributed by atoms with E-state index in [4.69, 9.17) is 9.47 Å². The molecule has 0 aliphatic heterocycles. The Labute approximate surface area is 172 Å². The van der Waals surface area contributed by atoms with Gasteiger partial charge in [0.15, 0.2) is 0 Å². The van der Waals surface area contributed by atoms with Gasteiger partial charge in [0.1, 0.15) is 5.54 Å². The third-order valence-electron chi connectivity index (χ3n) is 6.22. The minimum Gasteiger partial charge on any atom is -0.477 e. The van der Waals surface area contributed by atoms with E-state index >= 15 is 0 Å². The van der Waals surface area contributed by atoms with Gasteiger partial charge < -0.3 is 20.1 Å². The number of likely N-dealkylation sites (N-methyl/N-ethyl adjacent to an activating group) is 1. The molecule has 0 aromatic carbocycles. The summed E-state index contributed by atoms with van der Waals surface area (Å²) in [5.41, 5.74) is 0.110. The van der Waals surface area contributed by atoms with Gasteiger partial charge in [-0.1, -0.05) is 26.7 Å². The molecule has 1 aromatic heterocycles. The normalized spacial score (nSPS) is 17.1. The number of nitrogens with one attached hydrogen (secondary N) is 2. The predicted octanol–water partition coefficient (Wildman–Crippen LogP) is 3.92. The van der Waals surface area contributed by atoms with Gasteiger partial charge in [-0.15, -0.1) is 0 Å². The molecule has 2 saturated carbocycles. The number of rotatable bonds is 9. The van der Waals surface area contributed by atoms with Crippen molar-refractivity contribution in [1.82, 2.24) is 15.6 Å². The van der Waals surface area contributed by atoms with Gasteiger partial charge in [-0.3, -0.25) is 4.79 Å². The van der Waals surface area contributed by atoms with Crippen LogP contribution in [0.5, 0.6) is 11.8 Å². The lowest BCUT2D eigenvalue weighted by Gasteiger charge is -2.30. The van der Waals surface area contributed by atoms with Gasteiger partial charge >= 0.3 is 6.09 Å². The van der Waals surface area contributed by atoms with Crippen LogP contribution in [-0.4, -0.2) is 36.2 Å². The molecule has 160 valence electrons. The quantitative estimate of drug-likeness (QED) is 0.652. The van der Waals surface area contributed by atoms with Gasteiger partial charge in [0.25, 0.3) is 0 Å². The van der Waals surface area contributed by atoms with Gasteiger partial charge in [0.05, 0.1) is 6.61 Å². The Morgan fingerprint density at radius 2 is 1.83 bits per heavy atom. The molecule has 2 aliphatic rings. The first-order valence-electron chi connectivity index (χ1n) is 10.9. The number of hydrogen-bond donors (Lipinski definition) is 2. The van der Waals surface area contributed by atoms with Crippen LogP contribution in [0.4, 0.5) is 4.79 Å². The van der Waals surface area contributed by atoms with Crippen LogP contribution >= 0.6 is 0 Å². The van der Waals surface area contributed by atoms with Gasteiger partial charge in [-0.2, -0.15) is 4.98 Å². The molecule has 0 spiro atoms. The summed E-state index contributed by atoms with van der Waals surface area (Å²) < 4.78 is 11.4. The van der Waals surface area contributed by atoms with Crippen LogP contribution in [0.2, 0.25) is 0 Å². The Bertz CT molecular complexity index is 723. The first-order chi connectivity index (χ1) is 14.0. The van der Waals surface area contributed by atoms with E-state index in [1.165, 1.54) is 25.7 Å². The Kier molecular flexibility index (Phi) is 6.98. The molecular formula is C22H33N3O4. The summed E-state index contributed by atoms with van der Waals surface area (Å²) in [5.74, 6) is 1.60. The summed E-state index contributed by atoms with van der Waals surface area (Å²) in [6.45, 7) is 4.38. The molecule has 0 bridgehead atoms. The lowest BCUT2D eigenvalue weighted by atomic mass is 9.92. The molecule has 3 rings (SSSR count). The number of carbonyl (C=O) groups excluding carboxylic acids is 2. The van der Waals surface area contributed by atoms with Gasteiger partial charge in [-0.05, 0) is 56.4 Å². The van der Waals surface area contributed by atoms with Crippen LogP contribution in [0.3, 0.4) is 0 Å². The minimum absolute atomic E-state index is 0.188. The SMILES string of the molecule is CCC(CC)(NC(=O)Oc1ccc(C2CCCC2)c(OCC2CC2)n1)C(=O)NC. The maximum Gasteiger partial charge on any atom is 0.414 e. The fourth-order valence-corrected chi connectivity index (χ4v) is 4.00. The maximum atomic E-state index is 12.5. The average Bonchev–Trinajstić information content (AvgIpc) is 3.41. The van der Waals surface area contributed by atoms with Crippen molar-refractivity contribution >= 4 is 12.0 Å². The van der Waals surface area contributed by atoms with Crippen molar-refractivity contribution in [1.29, 1.82) is 0 Å². The van der Waals surface area contributed by atoms with Crippen LogP contribution in [0.1, 0.15) is 76.7 Å². The van der Waals surface area contributed by atoms with Crippen LogP contribution in [0, 0.1) is 5.92 Å². The third-order valence-corrected chi connectivity index (χ3v) is 6.22. The lowest BCUT2D eigenvalue weighted by Crippen LogP contribution is -2.58. The molecule has 2 amide bonds. The Morgan fingerprint density at radius 1 is 1.14 bits per heavy atom. The number of amides is 2. The molecule has 0 saturated heterocycles. The van der Waals surface area contributed by atoms with Crippen LogP contribution in [0.25, 0.3) is 0 Å². The van der Waals surface area contributed by atoms with Gasteiger partial charge in [0.2, 0.25) is 17.7 Å². The Balaban J connectivity index is 1.72. The molecule has 0 radical (unpaired) electrons. The largest absolute Gasteiger partial charge is 0.477 e. The van der Waals surface area contributed by atoms with Crippen molar-refractivity contribution in [2.24, 2.45) is 5.92 Å². The summed E-state index contributed by atoms with van der Waals surface area (Å²) in [6, 6.07) is 3.69. The lowest BCUT2D eigenvalue weighted by molar-refractivity contribution is -0.127. The minimum atomic E-state index is -0.999. The number of nitrogens with zero attached hydrogens (tertiary/aromatic N) is 1. The summed E-state index contributed by atoms with van der Waals surface area (Å²) in [6.07, 6.45) is 7.37. The molecule has 0 unspecified atom stereocenters. The molecule has 29 heavy (non-hydrogen) atoms. The van der Waals surface area contributed by atoms with E-state index < -0.39 is 11.6 Å². The monoisotopic (exact) mass is 403 g/mol. The van der Waals surface area contributed by atoms with Crippen molar-refractivity contribution in [3.05, 3.63) is 17.7 Å². The van der Waals surface area contributed by atoms with Crippen molar-refractivity contribution in [3.8, 4) is 11.8 Å². The highest BCUT2D eigenvalue weighted by Gasteiger charge is 2.36. The topological polar surface area (TPSA) is 89.6 Å². The van der Waals surface area contributed by atoms with E-state index in [0.29, 0.717) is 37.2 Å². The summed E-state index contributed by atoms with van der Waals surface area (Å²) >= 11 is 0. The molecule has 1 heterocycles. The number of aromatic nitrogens is 1. The zero-order chi connectivity index (χ0) is 20.9. The maximum absolute atomic E-state index is 12.5. The molecule has 7 heteroatoms. The fourth-order valence-electron chi connectivity index (χ4n) is 4.00. The first-order valence-corrected chi connectivity index (χ1v) is 10.9. The second-order valence-electron chi connectivity index (χ2n) is 8.16. The van der Waals surface area contributed by atoms with Crippen molar-refractivity contribution < 1.29 is 19.1 Å². The molecule has 0 atom stereocenters. The average molecular weight is 404 g/mol. The van der Waals surface area contributed by atoms with E-state index in [2.05, 4.69) is 15.6 Å². The Morgan fingerprint density at radius 3 is 2.41 bits per heavy atom. The smallest absolute Gasteiger partial charge is 0.414 e. The van der Waals surface area contributed by atoms with E-state index in [1.807, 2.05) is 19.9 Å². The van der Waals surface area contributed by atoms with E-state index in [0.717, 1.165) is 18.4 Å². The van der Waals surface area contributed by atoms with Crippen molar-refractivity contribution in [2.45, 2.75) is 76.7 Å². The molecule has 7 nitrogen and oxygen atoms in total. The highest BCUT2D eigenvalue weighted by molar-refractivity contribution is 5.90. The van der Waals surface area contributed by atoms with Crippen LogP contribution in [-0.2, 0) is 4.79 Å². The number of ether oxygens (including phenoxy) is 2. The number of pyridine rings is 1. The van der Waals surface area contributed by atoms with E-state index in [-0.39, 0.29) is 11.8 Å².